The molecule has 0 saturated carbocycles. The number of thiophene rings is 1. The van der Waals surface area contributed by atoms with Crippen LogP contribution < -0.4 is 0 Å². The molecule has 0 N–H and O–H groups in total. The van der Waals surface area contributed by atoms with Crippen LogP contribution in [-0.4, -0.2) is 37.1 Å². The number of carbonyl (C=O) groups excluding carboxylic acids is 1. The molecule has 1 aromatic heterocycles. The molecule has 0 aliphatic rings. The van der Waals surface area contributed by atoms with E-state index in [1.165, 1.54) is 0 Å². The lowest BCUT2D eigenvalue weighted by molar-refractivity contribution is 0.0669. The minimum Gasteiger partial charge on any atom is -0.380 e. The number of likely N-dealkylation sites (N-methyl/N-ethyl adjacent to an activating group) is 1. The third-order valence-corrected chi connectivity index (χ3v) is 3.98. The van der Waals surface area contributed by atoms with E-state index in [1.807, 2.05) is 30.2 Å². The fraction of sp³-hybridized carbons (Fsp3) is 0.545. The molecule has 0 unspecified atom stereocenters. The third-order valence-electron chi connectivity index (χ3n) is 2.19. The lowest BCUT2D eigenvalue weighted by Crippen LogP contribution is -2.33. The summed E-state index contributed by atoms with van der Waals surface area (Å²) in [5.74, 6) is 0.0985. The molecule has 1 aromatic rings. The number of nitrogens with zero attached hydrogens (tertiary/aromatic N) is 1. The Labute approximate surface area is 114 Å². The van der Waals surface area contributed by atoms with Gasteiger partial charge in [0.1, 0.15) is 0 Å². The van der Waals surface area contributed by atoms with Gasteiger partial charge in [0, 0.05) is 25.1 Å². The fourth-order valence-corrected chi connectivity index (χ4v) is 2.65. The van der Waals surface area contributed by atoms with Crippen LogP contribution in [0.4, 0.5) is 0 Å². The highest BCUT2D eigenvalue weighted by Gasteiger charge is 2.14. The summed E-state index contributed by atoms with van der Waals surface area (Å²) >= 11 is 3.82. The van der Waals surface area contributed by atoms with E-state index in [4.69, 9.17) is 4.74 Å². The van der Waals surface area contributed by atoms with Crippen LogP contribution in [0.1, 0.15) is 24.2 Å². The van der Waals surface area contributed by atoms with Crippen molar-refractivity contribution in [1.82, 2.24) is 4.90 Å². The maximum Gasteiger partial charge on any atom is 0.254 e. The summed E-state index contributed by atoms with van der Waals surface area (Å²) in [6.07, 6.45) is 0. The van der Waals surface area contributed by atoms with Crippen molar-refractivity contribution in [2.45, 2.75) is 13.8 Å². The molecule has 0 fully saturated rings. The van der Waals surface area contributed by atoms with Crippen LogP contribution in [0.25, 0.3) is 0 Å². The first-order chi connectivity index (χ1) is 7.69. The molecule has 0 spiro atoms. The molecule has 0 radical (unpaired) electrons. The van der Waals surface area contributed by atoms with Crippen molar-refractivity contribution >= 4 is 39.8 Å². The van der Waals surface area contributed by atoms with Crippen molar-refractivity contribution in [3.8, 4) is 0 Å². The summed E-state index contributed by atoms with van der Waals surface area (Å²) in [6.45, 7) is 6.63. The fourth-order valence-electron chi connectivity index (χ4n) is 1.33. The van der Waals surface area contributed by atoms with Gasteiger partial charge >= 0.3 is 0 Å². The lowest BCUT2D eigenvalue weighted by atomic mass is 10.3. The topological polar surface area (TPSA) is 29.5 Å². The highest BCUT2D eigenvalue weighted by atomic mass is 127. The van der Waals surface area contributed by atoms with Crippen molar-refractivity contribution in [2.24, 2.45) is 0 Å². The number of rotatable bonds is 6. The Morgan fingerprint density at radius 3 is 2.81 bits per heavy atom. The third kappa shape index (κ3) is 4.03. The highest BCUT2D eigenvalue weighted by molar-refractivity contribution is 14.1. The van der Waals surface area contributed by atoms with Gasteiger partial charge in [-0.2, -0.15) is 0 Å². The second kappa shape index (κ2) is 7.24. The van der Waals surface area contributed by atoms with E-state index in [0.717, 1.165) is 15.0 Å². The largest absolute Gasteiger partial charge is 0.380 e. The van der Waals surface area contributed by atoms with Gasteiger partial charge in [0.2, 0.25) is 0 Å². The zero-order valence-electron chi connectivity index (χ0n) is 9.53. The zero-order chi connectivity index (χ0) is 12.0. The Morgan fingerprint density at radius 1 is 1.56 bits per heavy atom. The SMILES string of the molecule is CCOCCN(CC)C(=O)c1csc(I)c1. The molecule has 90 valence electrons. The number of carbonyl (C=O) groups is 1. The molecule has 1 rings (SSSR count). The smallest absolute Gasteiger partial charge is 0.254 e. The van der Waals surface area contributed by atoms with E-state index >= 15 is 0 Å². The molecule has 3 nitrogen and oxygen atoms in total. The minimum absolute atomic E-state index is 0.0985. The molecule has 16 heavy (non-hydrogen) atoms. The van der Waals surface area contributed by atoms with Crippen LogP contribution in [-0.2, 0) is 4.74 Å². The van der Waals surface area contributed by atoms with Gasteiger partial charge in [0.15, 0.2) is 0 Å². The van der Waals surface area contributed by atoms with Crippen LogP contribution in [0.5, 0.6) is 0 Å². The summed E-state index contributed by atoms with van der Waals surface area (Å²) in [5, 5.41) is 1.91. The number of halogens is 1. The molecule has 0 aromatic carbocycles. The molecule has 1 amide bonds. The van der Waals surface area contributed by atoms with Gasteiger partial charge in [-0.3, -0.25) is 4.79 Å². The summed E-state index contributed by atoms with van der Waals surface area (Å²) in [4.78, 5) is 13.9. The molecule has 0 aliphatic carbocycles. The molecule has 0 bridgehead atoms. The van der Waals surface area contributed by atoms with Gasteiger partial charge in [0.25, 0.3) is 5.91 Å². The Morgan fingerprint density at radius 2 is 2.31 bits per heavy atom. The first kappa shape index (κ1) is 13.9. The average Bonchev–Trinajstić information content (AvgIpc) is 2.70. The summed E-state index contributed by atoms with van der Waals surface area (Å²) in [6, 6.07) is 1.93. The molecule has 5 heteroatoms. The molecule has 0 saturated heterocycles. The number of amides is 1. The number of hydrogen-bond acceptors (Lipinski definition) is 3. The van der Waals surface area contributed by atoms with Gasteiger partial charge in [-0.1, -0.05) is 0 Å². The van der Waals surface area contributed by atoms with Crippen molar-refractivity contribution in [1.29, 1.82) is 0 Å². The maximum absolute atomic E-state index is 12.1. The van der Waals surface area contributed by atoms with Gasteiger partial charge in [-0.05, 0) is 42.5 Å². The first-order valence-corrected chi connectivity index (χ1v) is 7.25. The van der Waals surface area contributed by atoms with E-state index < -0.39 is 0 Å². The monoisotopic (exact) mass is 353 g/mol. The minimum atomic E-state index is 0.0985. The summed E-state index contributed by atoms with van der Waals surface area (Å²) in [5.41, 5.74) is 0.785. The molecule has 1 heterocycles. The Bertz CT molecular complexity index is 340. The predicted octanol–water partition coefficient (Wildman–Crippen LogP) is 2.85. The molecule has 0 aliphatic heterocycles. The van der Waals surface area contributed by atoms with Gasteiger partial charge < -0.3 is 9.64 Å². The molecular formula is C11H16INO2S. The van der Waals surface area contributed by atoms with Gasteiger partial charge in [0.05, 0.1) is 15.1 Å². The molecule has 0 atom stereocenters. The van der Waals surface area contributed by atoms with Gasteiger partial charge in [-0.15, -0.1) is 11.3 Å². The van der Waals surface area contributed by atoms with E-state index in [2.05, 4.69) is 22.6 Å². The van der Waals surface area contributed by atoms with Crippen LogP contribution >= 0.6 is 33.9 Å². The predicted molar refractivity (Wildman–Crippen MR) is 75.1 cm³/mol. The molecular weight excluding hydrogens is 337 g/mol. The normalized spacial score (nSPS) is 10.4. The van der Waals surface area contributed by atoms with Crippen molar-refractivity contribution < 1.29 is 9.53 Å². The average molecular weight is 353 g/mol. The summed E-state index contributed by atoms with van der Waals surface area (Å²) in [7, 11) is 0. The Hall–Kier alpha value is -0.140. The standard InChI is InChI=1S/C11H16INO2S/c1-3-13(5-6-15-4-2)11(14)9-7-10(12)16-8-9/h7-8H,3-6H2,1-2H3. The Kier molecular flexibility index (Phi) is 6.30. The number of ether oxygens (including phenoxy) is 1. The maximum atomic E-state index is 12.1. The lowest BCUT2D eigenvalue weighted by Gasteiger charge is -2.19. The summed E-state index contributed by atoms with van der Waals surface area (Å²) < 4.78 is 6.40. The van der Waals surface area contributed by atoms with Crippen molar-refractivity contribution in [3.05, 3.63) is 19.9 Å². The Balaban J connectivity index is 2.55. The van der Waals surface area contributed by atoms with Crippen molar-refractivity contribution in [3.63, 3.8) is 0 Å². The van der Waals surface area contributed by atoms with Crippen LogP contribution in [0.15, 0.2) is 11.4 Å². The highest BCUT2D eigenvalue weighted by Crippen LogP contribution is 2.18. The number of hydrogen-bond donors (Lipinski definition) is 0. The quantitative estimate of drug-likeness (QED) is 0.582. The zero-order valence-corrected chi connectivity index (χ0v) is 12.5. The van der Waals surface area contributed by atoms with Crippen LogP contribution in [0.2, 0.25) is 0 Å². The second-order valence-corrected chi connectivity index (χ2v) is 6.03. The van der Waals surface area contributed by atoms with E-state index in [0.29, 0.717) is 19.8 Å². The van der Waals surface area contributed by atoms with E-state index in [9.17, 15) is 4.79 Å². The van der Waals surface area contributed by atoms with E-state index in [-0.39, 0.29) is 5.91 Å². The second-order valence-electron chi connectivity index (χ2n) is 3.22. The van der Waals surface area contributed by atoms with Gasteiger partial charge in [-0.25, -0.2) is 0 Å². The van der Waals surface area contributed by atoms with Crippen molar-refractivity contribution in [2.75, 3.05) is 26.3 Å². The van der Waals surface area contributed by atoms with E-state index in [1.54, 1.807) is 11.3 Å². The first-order valence-electron chi connectivity index (χ1n) is 5.30. The van der Waals surface area contributed by atoms with Crippen LogP contribution in [0, 0.1) is 2.88 Å². The van der Waals surface area contributed by atoms with Crippen LogP contribution in [0.3, 0.4) is 0 Å².